The molecule has 0 aromatic heterocycles. The Bertz CT molecular complexity index is 795. The van der Waals surface area contributed by atoms with Crippen LogP contribution in [0.2, 0.25) is 0 Å². The average Bonchev–Trinajstić information content (AvgIpc) is 2.76. The van der Waals surface area contributed by atoms with E-state index in [-0.39, 0.29) is 11.4 Å². The van der Waals surface area contributed by atoms with E-state index in [4.69, 9.17) is 0 Å². The van der Waals surface area contributed by atoms with Crippen LogP contribution >= 0.6 is 0 Å². The van der Waals surface area contributed by atoms with Crippen LogP contribution in [0.25, 0.3) is 0 Å². The largest absolute Gasteiger partial charge is 0.383 e. The normalized spacial score (nSPS) is 23.7. The number of hydrogen-bond acceptors (Lipinski definition) is 4. The van der Waals surface area contributed by atoms with Gasteiger partial charge in [-0.3, -0.25) is 4.79 Å². The van der Waals surface area contributed by atoms with E-state index in [1.54, 1.807) is 24.0 Å². The van der Waals surface area contributed by atoms with Gasteiger partial charge in [-0.2, -0.15) is 0 Å². The molecule has 0 aliphatic carbocycles. The summed E-state index contributed by atoms with van der Waals surface area (Å²) < 4.78 is 0. The molecular formula is C20H21NO3. The molecular weight excluding hydrogens is 302 g/mol. The van der Waals surface area contributed by atoms with Crippen molar-refractivity contribution in [3.05, 3.63) is 77.0 Å². The Morgan fingerprint density at radius 3 is 2.17 bits per heavy atom. The van der Waals surface area contributed by atoms with E-state index >= 15 is 0 Å². The minimum atomic E-state index is -1.72. The van der Waals surface area contributed by atoms with Crippen LogP contribution in [-0.2, 0) is 10.5 Å². The highest BCUT2D eigenvalue weighted by Crippen LogP contribution is 2.45. The van der Waals surface area contributed by atoms with Crippen molar-refractivity contribution in [1.82, 2.24) is 0 Å². The lowest BCUT2D eigenvalue weighted by atomic mass is 9.92. The second-order valence-corrected chi connectivity index (χ2v) is 6.22. The van der Waals surface area contributed by atoms with Crippen LogP contribution in [0.15, 0.2) is 65.9 Å². The quantitative estimate of drug-likeness (QED) is 0.912. The first-order valence-corrected chi connectivity index (χ1v) is 7.92. The predicted octanol–water partition coefficient (Wildman–Crippen LogP) is 2.88. The molecule has 24 heavy (non-hydrogen) atoms. The van der Waals surface area contributed by atoms with Crippen LogP contribution in [0, 0.1) is 6.92 Å². The molecule has 2 aromatic carbocycles. The maximum atomic E-state index is 12.1. The van der Waals surface area contributed by atoms with Gasteiger partial charge in [0.15, 0.2) is 11.5 Å². The molecule has 0 saturated carbocycles. The number of Topliss-reactive ketones (excluding diaryl/α,β-unsaturated/α-hetero) is 1. The highest BCUT2D eigenvalue weighted by Gasteiger charge is 2.53. The average molecular weight is 323 g/mol. The number of nitrogens with zero attached hydrogens (tertiary/aromatic N) is 1. The lowest BCUT2D eigenvalue weighted by Gasteiger charge is -2.39. The molecule has 0 bridgehead atoms. The number of rotatable bonds is 3. The molecule has 3 rings (SSSR count). The third-order valence-corrected chi connectivity index (χ3v) is 4.59. The van der Waals surface area contributed by atoms with Gasteiger partial charge in [0.1, 0.15) is 6.10 Å². The van der Waals surface area contributed by atoms with Gasteiger partial charge < -0.3 is 15.1 Å². The van der Waals surface area contributed by atoms with Crippen molar-refractivity contribution in [3.8, 4) is 0 Å². The molecule has 0 fully saturated rings. The Hall–Kier alpha value is -2.43. The number of carbonyl (C=O) groups excluding carboxylic acids is 1. The lowest BCUT2D eigenvalue weighted by Crippen LogP contribution is -2.49. The van der Waals surface area contributed by atoms with E-state index < -0.39 is 11.8 Å². The van der Waals surface area contributed by atoms with Gasteiger partial charge >= 0.3 is 0 Å². The molecule has 4 heteroatoms. The summed E-state index contributed by atoms with van der Waals surface area (Å²) in [5.41, 5.74) is 1.39. The number of anilines is 1. The molecule has 124 valence electrons. The van der Waals surface area contributed by atoms with Crippen LogP contribution < -0.4 is 4.90 Å². The predicted molar refractivity (Wildman–Crippen MR) is 93.4 cm³/mol. The maximum absolute atomic E-state index is 12.1. The minimum Gasteiger partial charge on any atom is -0.383 e. The Balaban J connectivity index is 2.23. The number of benzene rings is 2. The van der Waals surface area contributed by atoms with Gasteiger partial charge in [0, 0.05) is 22.5 Å². The van der Waals surface area contributed by atoms with E-state index in [9.17, 15) is 15.0 Å². The highest BCUT2D eigenvalue weighted by atomic mass is 16.4. The molecule has 2 atom stereocenters. The number of ketones is 1. The van der Waals surface area contributed by atoms with E-state index in [1.807, 2.05) is 49.4 Å². The summed E-state index contributed by atoms with van der Waals surface area (Å²) in [5.74, 6) is -0.246. The number of aliphatic hydroxyl groups is 2. The van der Waals surface area contributed by atoms with Crippen molar-refractivity contribution in [2.24, 2.45) is 0 Å². The van der Waals surface area contributed by atoms with E-state index in [1.165, 1.54) is 6.92 Å². The van der Waals surface area contributed by atoms with Crippen molar-refractivity contribution < 1.29 is 15.0 Å². The van der Waals surface area contributed by atoms with Crippen LogP contribution in [0.4, 0.5) is 5.69 Å². The summed E-state index contributed by atoms with van der Waals surface area (Å²) in [5, 5.41) is 22.3. The number of aryl methyl sites for hydroxylation is 1. The molecule has 2 unspecified atom stereocenters. The SMILES string of the molecule is CC(=O)C1=C(C)N(c2ccccc2)C(O)(c2ccc(C)cc2)C1O. The minimum absolute atomic E-state index is 0.238. The first-order valence-electron chi connectivity index (χ1n) is 7.92. The van der Waals surface area contributed by atoms with Gasteiger partial charge in [-0.05, 0) is 32.9 Å². The monoisotopic (exact) mass is 323 g/mol. The molecule has 0 amide bonds. The molecule has 0 radical (unpaired) electrons. The van der Waals surface area contributed by atoms with Crippen molar-refractivity contribution in [2.45, 2.75) is 32.6 Å². The Morgan fingerprint density at radius 1 is 1.04 bits per heavy atom. The van der Waals surface area contributed by atoms with Crippen molar-refractivity contribution in [2.75, 3.05) is 4.90 Å². The number of allylic oxidation sites excluding steroid dienone is 1. The fourth-order valence-corrected chi connectivity index (χ4v) is 3.40. The summed E-state index contributed by atoms with van der Waals surface area (Å²) in [6.07, 6.45) is -1.32. The van der Waals surface area contributed by atoms with Crippen LogP contribution in [-0.4, -0.2) is 22.1 Å². The van der Waals surface area contributed by atoms with Crippen LogP contribution in [0.3, 0.4) is 0 Å². The molecule has 2 N–H and O–H groups in total. The third-order valence-electron chi connectivity index (χ3n) is 4.59. The highest BCUT2D eigenvalue weighted by molar-refractivity contribution is 5.97. The second-order valence-electron chi connectivity index (χ2n) is 6.22. The van der Waals surface area contributed by atoms with Gasteiger partial charge in [-0.1, -0.05) is 48.0 Å². The zero-order valence-corrected chi connectivity index (χ0v) is 14.0. The summed E-state index contributed by atoms with van der Waals surface area (Å²) in [4.78, 5) is 13.7. The fraction of sp³-hybridized carbons (Fsp3) is 0.250. The topological polar surface area (TPSA) is 60.8 Å². The van der Waals surface area contributed by atoms with Crippen LogP contribution in [0.1, 0.15) is 25.0 Å². The number of para-hydroxylation sites is 1. The number of aliphatic hydroxyl groups excluding tert-OH is 1. The van der Waals surface area contributed by atoms with E-state index in [2.05, 4.69) is 0 Å². The molecule has 1 aliphatic heterocycles. The molecule has 1 aliphatic rings. The van der Waals surface area contributed by atoms with E-state index in [0.717, 1.165) is 5.56 Å². The Morgan fingerprint density at radius 2 is 1.62 bits per heavy atom. The smallest absolute Gasteiger partial charge is 0.199 e. The molecule has 0 spiro atoms. The Labute approximate surface area is 141 Å². The first kappa shape index (κ1) is 16.4. The first-order chi connectivity index (χ1) is 11.4. The van der Waals surface area contributed by atoms with Gasteiger partial charge in [-0.25, -0.2) is 0 Å². The third kappa shape index (κ3) is 2.35. The molecule has 4 nitrogen and oxygen atoms in total. The number of carbonyl (C=O) groups is 1. The van der Waals surface area contributed by atoms with Gasteiger partial charge in [0.25, 0.3) is 0 Å². The summed E-state index contributed by atoms with van der Waals surface area (Å²) in [6.45, 7) is 5.11. The molecule has 0 saturated heterocycles. The summed E-state index contributed by atoms with van der Waals surface area (Å²) >= 11 is 0. The molecule has 2 aromatic rings. The second kappa shape index (κ2) is 5.89. The molecule has 1 heterocycles. The standard InChI is InChI=1S/C20H21NO3/c1-13-9-11-16(12-10-13)20(24)19(23)18(15(3)22)14(2)21(20)17-7-5-4-6-8-17/h4-12,19,23-24H,1-3H3. The lowest BCUT2D eigenvalue weighted by molar-refractivity contribution is -0.116. The van der Waals surface area contributed by atoms with Gasteiger partial charge in [0.05, 0.1) is 0 Å². The van der Waals surface area contributed by atoms with Crippen molar-refractivity contribution in [3.63, 3.8) is 0 Å². The number of hydrogen-bond donors (Lipinski definition) is 2. The summed E-state index contributed by atoms with van der Waals surface area (Å²) in [6, 6.07) is 16.6. The van der Waals surface area contributed by atoms with Crippen molar-refractivity contribution >= 4 is 11.5 Å². The van der Waals surface area contributed by atoms with E-state index in [0.29, 0.717) is 16.9 Å². The van der Waals surface area contributed by atoms with Gasteiger partial charge in [-0.15, -0.1) is 0 Å². The fourth-order valence-electron chi connectivity index (χ4n) is 3.40. The van der Waals surface area contributed by atoms with Crippen LogP contribution in [0.5, 0.6) is 0 Å². The van der Waals surface area contributed by atoms with Crippen molar-refractivity contribution in [1.29, 1.82) is 0 Å². The summed E-state index contributed by atoms with van der Waals surface area (Å²) in [7, 11) is 0. The zero-order chi connectivity index (χ0) is 17.5. The zero-order valence-electron chi connectivity index (χ0n) is 14.0. The van der Waals surface area contributed by atoms with Gasteiger partial charge in [0.2, 0.25) is 0 Å². The Kier molecular flexibility index (Phi) is 4.03. The maximum Gasteiger partial charge on any atom is 0.199 e.